The second-order valence-corrected chi connectivity index (χ2v) is 7.43. The standard InChI is InChI=1S/C22H35NO2.ClH/c1-4-23(16-8-11-22(24)20-9-6-5-7-10-20)18(2)17-19-12-14-21(25-3)15-13-19;/h12-15,18,20H,4-11,16-17H2,1-3H3;1H. The lowest BCUT2D eigenvalue weighted by Gasteiger charge is -2.28. The van der Waals surface area contributed by atoms with Crippen LogP contribution in [-0.4, -0.2) is 36.9 Å². The lowest BCUT2D eigenvalue weighted by Crippen LogP contribution is -2.35. The number of ketones is 1. The number of hydrogen-bond acceptors (Lipinski definition) is 3. The second kappa shape index (κ2) is 12.3. The van der Waals surface area contributed by atoms with Crippen LogP contribution in [-0.2, 0) is 11.2 Å². The predicted octanol–water partition coefficient (Wildman–Crippen LogP) is 5.30. The monoisotopic (exact) mass is 381 g/mol. The number of carbonyl (C=O) groups is 1. The summed E-state index contributed by atoms with van der Waals surface area (Å²) in [6, 6.07) is 8.84. The van der Waals surface area contributed by atoms with Crippen LogP contribution < -0.4 is 4.74 Å². The van der Waals surface area contributed by atoms with Gasteiger partial charge in [0.25, 0.3) is 0 Å². The first-order valence-electron chi connectivity index (χ1n) is 10.0. The van der Waals surface area contributed by atoms with E-state index in [-0.39, 0.29) is 12.4 Å². The van der Waals surface area contributed by atoms with Crippen LogP contribution in [0.5, 0.6) is 5.75 Å². The Kier molecular flexibility index (Phi) is 10.9. The van der Waals surface area contributed by atoms with Gasteiger partial charge in [0.1, 0.15) is 11.5 Å². The Morgan fingerprint density at radius 2 is 1.85 bits per heavy atom. The third-order valence-corrected chi connectivity index (χ3v) is 5.65. The Balaban J connectivity index is 0.00000338. The van der Waals surface area contributed by atoms with E-state index >= 15 is 0 Å². The van der Waals surface area contributed by atoms with Gasteiger partial charge in [-0.15, -0.1) is 12.4 Å². The number of nitrogens with zero attached hydrogens (tertiary/aromatic N) is 1. The fraction of sp³-hybridized carbons (Fsp3) is 0.682. The number of methoxy groups -OCH3 is 1. The van der Waals surface area contributed by atoms with Crippen LogP contribution in [0.4, 0.5) is 0 Å². The highest BCUT2D eigenvalue weighted by atomic mass is 35.5. The van der Waals surface area contributed by atoms with E-state index in [0.717, 1.165) is 50.9 Å². The molecule has 1 saturated carbocycles. The predicted molar refractivity (Wildman–Crippen MR) is 111 cm³/mol. The lowest BCUT2D eigenvalue weighted by atomic mass is 9.85. The molecule has 3 nitrogen and oxygen atoms in total. The van der Waals surface area contributed by atoms with Crippen molar-refractivity contribution >= 4 is 18.2 Å². The molecule has 0 saturated heterocycles. The minimum atomic E-state index is 0. The molecule has 1 aliphatic rings. The van der Waals surface area contributed by atoms with E-state index in [1.165, 1.54) is 24.8 Å². The lowest BCUT2D eigenvalue weighted by molar-refractivity contribution is -0.124. The van der Waals surface area contributed by atoms with Crippen molar-refractivity contribution in [2.45, 2.75) is 71.3 Å². The van der Waals surface area contributed by atoms with Crippen molar-refractivity contribution in [2.75, 3.05) is 20.2 Å². The molecule has 0 heterocycles. The van der Waals surface area contributed by atoms with Gasteiger partial charge >= 0.3 is 0 Å². The first-order valence-corrected chi connectivity index (χ1v) is 10.0. The Labute approximate surface area is 165 Å². The van der Waals surface area contributed by atoms with Crippen LogP contribution in [0.15, 0.2) is 24.3 Å². The quantitative estimate of drug-likeness (QED) is 0.550. The SMILES string of the molecule is CCN(CCCC(=O)C1CCCCC1)C(C)Cc1ccc(OC)cc1.Cl. The number of ether oxygens (including phenoxy) is 1. The number of Topliss-reactive ketones (excluding diaryl/α,β-unsaturated/α-hetero) is 1. The van der Waals surface area contributed by atoms with E-state index in [1.807, 2.05) is 12.1 Å². The van der Waals surface area contributed by atoms with Gasteiger partial charge in [0.05, 0.1) is 7.11 Å². The largest absolute Gasteiger partial charge is 0.497 e. The van der Waals surface area contributed by atoms with Crippen molar-refractivity contribution in [3.05, 3.63) is 29.8 Å². The maximum atomic E-state index is 12.4. The van der Waals surface area contributed by atoms with Gasteiger partial charge in [-0.3, -0.25) is 4.79 Å². The molecule has 0 aromatic heterocycles. The van der Waals surface area contributed by atoms with Gasteiger partial charge in [0.15, 0.2) is 0 Å². The van der Waals surface area contributed by atoms with Crippen LogP contribution in [0.3, 0.4) is 0 Å². The smallest absolute Gasteiger partial charge is 0.136 e. The van der Waals surface area contributed by atoms with Crippen LogP contribution in [0.1, 0.15) is 64.4 Å². The molecule has 1 atom stereocenters. The van der Waals surface area contributed by atoms with Crippen molar-refractivity contribution in [3.8, 4) is 5.75 Å². The molecule has 1 aromatic carbocycles. The highest BCUT2D eigenvalue weighted by Gasteiger charge is 2.21. The topological polar surface area (TPSA) is 29.5 Å². The summed E-state index contributed by atoms with van der Waals surface area (Å²) in [6.07, 6.45) is 8.86. The highest BCUT2D eigenvalue weighted by molar-refractivity contribution is 5.85. The van der Waals surface area contributed by atoms with E-state index < -0.39 is 0 Å². The molecule has 148 valence electrons. The molecule has 0 radical (unpaired) electrons. The summed E-state index contributed by atoms with van der Waals surface area (Å²) in [4.78, 5) is 14.9. The normalized spacial score (nSPS) is 16.2. The average molecular weight is 382 g/mol. The molecule has 0 amide bonds. The summed E-state index contributed by atoms with van der Waals surface area (Å²) < 4.78 is 5.23. The Bertz CT molecular complexity index is 511. The Hall–Kier alpha value is -1.06. The summed E-state index contributed by atoms with van der Waals surface area (Å²) >= 11 is 0. The molecular formula is C22H36ClNO2. The minimum absolute atomic E-state index is 0. The molecule has 2 rings (SSSR count). The number of hydrogen-bond donors (Lipinski definition) is 0. The van der Waals surface area contributed by atoms with Crippen LogP contribution >= 0.6 is 12.4 Å². The number of halogens is 1. The van der Waals surface area contributed by atoms with Crippen LogP contribution in [0, 0.1) is 5.92 Å². The first kappa shape index (κ1) is 23.0. The second-order valence-electron chi connectivity index (χ2n) is 7.43. The Morgan fingerprint density at radius 3 is 2.42 bits per heavy atom. The molecule has 1 aliphatic carbocycles. The summed E-state index contributed by atoms with van der Waals surface area (Å²) in [6.45, 7) is 6.56. The van der Waals surface area contributed by atoms with E-state index in [9.17, 15) is 4.79 Å². The Morgan fingerprint density at radius 1 is 1.19 bits per heavy atom. The molecule has 1 aromatic rings. The average Bonchev–Trinajstić information content (AvgIpc) is 2.66. The molecule has 4 heteroatoms. The van der Waals surface area contributed by atoms with Crippen molar-refractivity contribution in [1.82, 2.24) is 4.90 Å². The van der Waals surface area contributed by atoms with Crippen molar-refractivity contribution in [2.24, 2.45) is 5.92 Å². The number of rotatable bonds is 10. The van der Waals surface area contributed by atoms with E-state index in [0.29, 0.717) is 17.7 Å². The summed E-state index contributed by atoms with van der Waals surface area (Å²) in [5, 5.41) is 0. The molecule has 0 N–H and O–H groups in total. The number of likely N-dealkylation sites (N-methyl/N-ethyl adjacent to an activating group) is 1. The van der Waals surface area contributed by atoms with E-state index in [1.54, 1.807) is 7.11 Å². The van der Waals surface area contributed by atoms with Gasteiger partial charge in [-0.1, -0.05) is 38.3 Å². The highest BCUT2D eigenvalue weighted by Crippen LogP contribution is 2.25. The minimum Gasteiger partial charge on any atom is -0.497 e. The zero-order valence-electron chi connectivity index (χ0n) is 16.7. The fourth-order valence-electron chi connectivity index (χ4n) is 4.01. The van der Waals surface area contributed by atoms with E-state index in [2.05, 4.69) is 30.9 Å². The molecule has 26 heavy (non-hydrogen) atoms. The van der Waals surface area contributed by atoms with Crippen molar-refractivity contribution in [3.63, 3.8) is 0 Å². The van der Waals surface area contributed by atoms with Gasteiger partial charge in [0.2, 0.25) is 0 Å². The molecule has 1 fully saturated rings. The molecular weight excluding hydrogens is 346 g/mol. The molecule has 1 unspecified atom stereocenters. The first-order chi connectivity index (χ1) is 12.1. The number of benzene rings is 1. The van der Waals surface area contributed by atoms with Crippen molar-refractivity contribution in [1.29, 1.82) is 0 Å². The third-order valence-electron chi connectivity index (χ3n) is 5.65. The summed E-state index contributed by atoms with van der Waals surface area (Å²) in [5.41, 5.74) is 1.34. The maximum absolute atomic E-state index is 12.4. The zero-order chi connectivity index (χ0) is 18.1. The van der Waals surface area contributed by atoms with Crippen molar-refractivity contribution < 1.29 is 9.53 Å². The van der Waals surface area contributed by atoms with E-state index in [4.69, 9.17) is 4.74 Å². The van der Waals surface area contributed by atoms with Gasteiger partial charge in [-0.2, -0.15) is 0 Å². The fourth-order valence-corrected chi connectivity index (χ4v) is 4.01. The molecule has 0 aliphatic heterocycles. The summed E-state index contributed by atoms with van der Waals surface area (Å²) in [7, 11) is 1.70. The van der Waals surface area contributed by atoms with Crippen LogP contribution in [0.2, 0.25) is 0 Å². The van der Waals surface area contributed by atoms with Gasteiger partial charge in [0, 0.05) is 18.4 Å². The van der Waals surface area contributed by atoms with Gasteiger partial charge in [-0.25, -0.2) is 0 Å². The number of carbonyl (C=O) groups excluding carboxylic acids is 1. The zero-order valence-corrected chi connectivity index (χ0v) is 17.5. The van der Waals surface area contributed by atoms with Gasteiger partial charge < -0.3 is 9.64 Å². The molecule has 0 spiro atoms. The summed E-state index contributed by atoms with van der Waals surface area (Å²) in [5.74, 6) is 1.78. The third kappa shape index (κ3) is 7.28. The molecule has 0 bridgehead atoms. The van der Waals surface area contributed by atoms with Crippen LogP contribution in [0.25, 0.3) is 0 Å². The van der Waals surface area contributed by atoms with Gasteiger partial charge in [-0.05, 0) is 63.4 Å². The maximum Gasteiger partial charge on any atom is 0.136 e.